The molecule has 5 nitrogen and oxygen atoms in total. The molecule has 0 spiro atoms. The second-order valence-electron chi connectivity index (χ2n) is 2.82. The van der Waals surface area contributed by atoms with E-state index in [-0.39, 0.29) is 18.4 Å². The minimum Gasteiger partial charge on any atom is -0.345 e. The fraction of sp³-hybridized carbons (Fsp3) is 0.625. The lowest BCUT2D eigenvalue weighted by Gasteiger charge is -2.13. The number of terminal acetylenes is 1. The van der Waals surface area contributed by atoms with Crippen LogP contribution in [0.2, 0.25) is 0 Å². The number of rotatable bonds is 4. The molecule has 0 aromatic rings. The molecule has 1 amide bonds. The van der Waals surface area contributed by atoms with Crippen molar-refractivity contribution >= 4 is 5.91 Å². The molecular weight excluding hydrogens is 168 g/mol. The molecular formula is C8H12N4O. The second kappa shape index (κ2) is 5.92. The van der Waals surface area contributed by atoms with Crippen LogP contribution >= 0.6 is 0 Å². The van der Waals surface area contributed by atoms with Gasteiger partial charge in [0.1, 0.15) is 6.04 Å². The molecule has 0 saturated heterocycles. The number of azide groups is 1. The monoisotopic (exact) mass is 180 g/mol. The number of carbonyl (C=O) groups is 1. The minimum atomic E-state index is -0.682. The Morgan fingerprint density at radius 3 is 2.77 bits per heavy atom. The highest BCUT2D eigenvalue weighted by atomic mass is 16.2. The second-order valence-corrected chi connectivity index (χ2v) is 2.82. The van der Waals surface area contributed by atoms with Crippen LogP contribution in [0.1, 0.15) is 13.8 Å². The number of carbonyl (C=O) groups excluding carboxylic acids is 1. The molecule has 0 aromatic heterocycles. The minimum absolute atomic E-state index is 0.0336. The van der Waals surface area contributed by atoms with Crippen molar-refractivity contribution in [3.63, 3.8) is 0 Å². The zero-order chi connectivity index (χ0) is 10.3. The highest BCUT2D eigenvalue weighted by Crippen LogP contribution is 2.06. The van der Waals surface area contributed by atoms with Crippen LogP contribution in [0.25, 0.3) is 10.4 Å². The van der Waals surface area contributed by atoms with E-state index in [1.807, 2.05) is 0 Å². The average Bonchev–Trinajstić information content (AvgIpc) is 2.09. The molecule has 0 fully saturated rings. The molecule has 1 atom stereocenters. The van der Waals surface area contributed by atoms with Crippen molar-refractivity contribution in [1.82, 2.24) is 5.32 Å². The predicted molar refractivity (Wildman–Crippen MR) is 49.6 cm³/mol. The van der Waals surface area contributed by atoms with Gasteiger partial charge < -0.3 is 5.32 Å². The van der Waals surface area contributed by atoms with Crippen LogP contribution in [0, 0.1) is 18.3 Å². The van der Waals surface area contributed by atoms with Crippen molar-refractivity contribution in [1.29, 1.82) is 0 Å². The summed E-state index contributed by atoms with van der Waals surface area (Å²) in [5.74, 6) is 1.91. The van der Waals surface area contributed by atoms with Crippen molar-refractivity contribution in [2.24, 2.45) is 11.0 Å². The Labute approximate surface area is 77.1 Å². The zero-order valence-electron chi connectivity index (χ0n) is 7.69. The normalized spacial score (nSPS) is 11.2. The molecule has 0 heterocycles. The number of hydrogen-bond acceptors (Lipinski definition) is 2. The molecule has 0 aliphatic rings. The summed E-state index contributed by atoms with van der Waals surface area (Å²) in [7, 11) is 0. The molecule has 0 unspecified atom stereocenters. The van der Waals surface area contributed by atoms with Crippen molar-refractivity contribution in [3.8, 4) is 12.3 Å². The first kappa shape index (κ1) is 11.3. The molecule has 70 valence electrons. The first-order valence-corrected chi connectivity index (χ1v) is 3.88. The zero-order valence-corrected chi connectivity index (χ0v) is 7.69. The Balaban J connectivity index is 4.30. The maximum Gasteiger partial charge on any atom is 0.230 e. The van der Waals surface area contributed by atoms with Gasteiger partial charge in [-0.3, -0.25) is 4.79 Å². The van der Waals surface area contributed by atoms with Crippen LogP contribution in [0.5, 0.6) is 0 Å². The van der Waals surface area contributed by atoms with Crippen LogP contribution in [-0.4, -0.2) is 18.5 Å². The van der Waals surface area contributed by atoms with E-state index < -0.39 is 6.04 Å². The van der Waals surface area contributed by atoms with E-state index in [0.717, 1.165) is 0 Å². The predicted octanol–water partition coefficient (Wildman–Crippen LogP) is 1.07. The van der Waals surface area contributed by atoms with E-state index in [9.17, 15) is 4.79 Å². The topological polar surface area (TPSA) is 77.9 Å². The fourth-order valence-electron chi connectivity index (χ4n) is 0.787. The van der Waals surface area contributed by atoms with E-state index in [1.54, 1.807) is 13.8 Å². The number of nitrogens with zero attached hydrogens (tertiary/aromatic N) is 3. The lowest BCUT2D eigenvalue weighted by atomic mass is 10.1. The van der Waals surface area contributed by atoms with Gasteiger partial charge in [0, 0.05) is 4.91 Å². The summed E-state index contributed by atoms with van der Waals surface area (Å²) in [4.78, 5) is 13.9. The molecule has 13 heavy (non-hydrogen) atoms. The Morgan fingerprint density at radius 2 is 2.38 bits per heavy atom. The maximum absolute atomic E-state index is 11.3. The lowest BCUT2D eigenvalue weighted by molar-refractivity contribution is -0.122. The highest BCUT2D eigenvalue weighted by Gasteiger charge is 2.19. The van der Waals surface area contributed by atoms with Gasteiger partial charge in [0.15, 0.2) is 0 Å². The summed E-state index contributed by atoms with van der Waals surface area (Å²) < 4.78 is 0. The summed E-state index contributed by atoms with van der Waals surface area (Å²) in [5.41, 5.74) is 8.20. The molecule has 1 N–H and O–H groups in total. The summed E-state index contributed by atoms with van der Waals surface area (Å²) >= 11 is 0. The summed E-state index contributed by atoms with van der Waals surface area (Å²) in [6, 6.07) is -0.682. The van der Waals surface area contributed by atoms with E-state index in [0.29, 0.717) is 0 Å². The molecule has 5 heteroatoms. The van der Waals surface area contributed by atoms with E-state index in [4.69, 9.17) is 12.0 Å². The third kappa shape index (κ3) is 4.04. The summed E-state index contributed by atoms with van der Waals surface area (Å²) in [5, 5.41) is 5.84. The largest absolute Gasteiger partial charge is 0.345 e. The lowest BCUT2D eigenvalue weighted by Crippen LogP contribution is -2.36. The Hall–Kier alpha value is -1.66. The van der Waals surface area contributed by atoms with Crippen molar-refractivity contribution < 1.29 is 4.79 Å². The van der Waals surface area contributed by atoms with Gasteiger partial charge in [-0.1, -0.05) is 24.9 Å². The van der Waals surface area contributed by atoms with Gasteiger partial charge in [-0.25, -0.2) is 0 Å². The quantitative estimate of drug-likeness (QED) is 0.298. The molecule has 0 aromatic carbocycles. The number of amides is 1. The molecule has 0 bridgehead atoms. The first-order valence-electron chi connectivity index (χ1n) is 3.88. The standard InChI is InChI=1S/C8H12N4O/c1-4-5-10-8(13)7(6(2)3)11-12-9/h1,6-7H,5H2,2-3H3,(H,10,13)/t7-/m0/s1. The third-order valence-electron chi connectivity index (χ3n) is 1.44. The van der Waals surface area contributed by atoms with Gasteiger partial charge in [-0.05, 0) is 11.4 Å². The third-order valence-corrected chi connectivity index (χ3v) is 1.44. The van der Waals surface area contributed by atoms with E-state index >= 15 is 0 Å². The molecule has 0 aliphatic carbocycles. The van der Waals surface area contributed by atoms with Crippen LogP contribution in [-0.2, 0) is 4.79 Å². The van der Waals surface area contributed by atoms with E-state index in [2.05, 4.69) is 21.3 Å². The van der Waals surface area contributed by atoms with E-state index in [1.165, 1.54) is 0 Å². The Morgan fingerprint density at radius 1 is 1.77 bits per heavy atom. The molecule has 0 radical (unpaired) electrons. The van der Waals surface area contributed by atoms with Crippen molar-refractivity contribution in [3.05, 3.63) is 10.4 Å². The van der Waals surface area contributed by atoms with Crippen LogP contribution < -0.4 is 5.32 Å². The van der Waals surface area contributed by atoms with Crippen LogP contribution in [0.3, 0.4) is 0 Å². The SMILES string of the molecule is C#CCNC(=O)[C@@H](N=[N+]=[N-])C(C)C. The highest BCUT2D eigenvalue weighted by molar-refractivity contribution is 5.82. The van der Waals surface area contributed by atoms with Gasteiger partial charge in [0.2, 0.25) is 5.91 Å². The molecule has 0 aliphatic heterocycles. The van der Waals surface area contributed by atoms with Gasteiger partial charge in [-0.15, -0.1) is 6.42 Å². The van der Waals surface area contributed by atoms with Crippen molar-refractivity contribution in [2.75, 3.05) is 6.54 Å². The number of hydrogen-bond donors (Lipinski definition) is 1. The Kier molecular flexibility index (Phi) is 5.17. The number of nitrogens with one attached hydrogen (secondary N) is 1. The Bertz CT molecular complexity index is 260. The molecule has 0 saturated carbocycles. The fourth-order valence-corrected chi connectivity index (χ4v) is 0.787. The average molecular weight is 180 g/mol. The maximum atomic E-state index is 11.3. The van der Waals surface area contributed by atoms with Gasteiger partial charge in [-0.2, -0.15) is 0 Å². The van der Waals surface area contributed by atoms with Gasteiger partial charge in [0.05, 0.1) is 6.54 Å². The van der Waals surface area contributed by atoms with Crippen LogP contribution in [0.4, 0.5) is 0 Å². The van der Waals surface area contributed by atoms with Crippen LogP contribution in [0.15, 0.2) is 5.11 Å². The van der Waals surface area contributed by atoms with Gasteiger partial charge in [0.25, 0.3) is 0 Å². The molecule has 0 rings (SSSR count). The summed E-state index contributed by atoms with van der Waals surface area (Å²) in [6.07, 6.45) is 4.96. The smallest absolute Gasteiger partial charge is 0.230 e. The first-order chi connectivity index (χ1) is 6.13. The van der Waals surface area contributed by atoms with Gasteiger partial charge >= 0.3 is 0 Å². The summed E-state index contributed by atoms with van der Waals surface area (Å²) in [6.45, 7) is 3.76. The van der Waals surface area contributed by atoms with Crippen molar-refractivity contribution in [2.45, 2.75) is 19.9 Å².